The van der Waals surface area contributed by atoms with Gasteiger partial charge < -0.3 is 5.32 Å². The van der Waals surface area contributed by atoms with E-state index in [1.165, 1.54) is 49.6 Å². The van der Waals surface area contributed by atoms with Crippen LogP contribution in [0.25, 0.3) is 6.08 Å². The lowest BCUT2D eigenvalue weighted by Gasteiger charge is -2.27. The number of likely N-dealkylation sites (tertiary alicyclic amines) is 1. The lowest BCUT2D eigenvalue weighted by molar-refractivity contribution is -0.116. The molecule has 136 valence electrons. The van der Waals surface area contributed by atoms with Crippen molar-refractivity contribution in [2.45, 2.75) is 32.4 Å². The Kier molecular flexibility index (Phi) is 6.87. The fraction of sp³-hybridized carbons (Fsp3) is 0.318. The van der Waals surface area contributed by atoms with Gasteiger partial charge in [0.15, 0.2) is 0 Å². The quantitative estimate of drug-likeness (QED) is 0.752. The van der Waals surface area contributed by atoms with E-state index in [2.05, 4.69) is 28.4 Å². The Balaban J connectivity index is 1.57. The number of nitrogens with zero attached hydrogens (tertiary/aromatic N) is 1. The lowest BCUT2D eigenvalue weighted by Crippen LogP contribution is -2.30. The molecule has 0 aliphatic carbocycles. The number of amides is 1. The first-order valence-corrected chi connectivity index (χ1v) is 9.60. The first-order chi connectivity index (χ1) is 12.7. The summed E-state index contributed by atoms with van der Waals surface area (Å²) < 4.78 is 0. The van der Waals surface area contributed by atoms with Gasteiger partial charge in [0.1, 0.15) is 0 Å². The van der Waals surface area contributed by atoms with Crippen molar-refractivity contribution < 1.29 is 4.79 Å². The average molecular weight is 369 g/mol. The van der Waals surface area contributed by atoms with Gasteiger partial charge >= 0.3 is 0 Å². The number of nitrogens with one attached hydrogen (secondary N) is 1. The lowest BCUT2D eigenvalue weighted by atomic mass is 10.0. The van der Waals surface area contributed by atoms with Gasteiger partial charge in [0.2, 0.25) is 5.91 Å². The van der Waals surface area contributed by atoms with Gasteiger partial charge in [0, 0.05) is 24.2 Å². The highest BCUT2D eigenvalue weighted by atomic mass is 35.5. The minimum Gasteiger partial charge on any atom is -0.348 e. The molecule has 1 aliphatic heterocycles. The third-order valence-electron chi connectivity index (χ3n) is 4.73. The molecule has 0 radical (unpaired) electrons. The van der Waals surface area contributed by atoms with Crippen molar-refractivity contribution in [1.29, 1.82) is 0 Å². The third kappa shape index (κ3) is 5.45. The van der Waals surface area contributed by atoms with E-state index in [0.29, 0.717) is 11.6 Å². The molecular formula is C22H25ClN2O. The van der Waals surface area contributed by atoms with Gasteiger partial charge in [0.05, 0.1) is 0 Å². The Bertz CT molecular complexity index is 766. The number of carbonyl (C=O) groups excluding carboxylic acids is 1. The summed E-state index contributed by atoms with van der Waals surface area (Å²) in [7, 11) is 0. The first-order valence-electron chi connectivity index (χ1n) is 9.22. The van der Waals surface area contributed by atoms with Crippen molar-refractivity contribution in [3.8, 4) is 0 Å². The minimum absolute atomic E-state index is 0.113. The summed E-state index contributed by atoms with van der Waals surface area (Å²) in [5, 5.41) is 3.62. The molecule has 1 fully saturated rings. The number of carbonyl (C=O) groups is 1. The van der Waals surface area contributed by atoms with E-state index < -0.39 is 0 Å². The molecule has 0 atom stereocenters. The van der Waals surface area contributed by atoms with Gasteiger partial charge in [-0.05, 0) is 54.8 Å². The zero-order valence-electron chi connectivity index (χ0n) is 15.0. The van der Waals surface area contributed by atoms with Crippen molar-refractivity contribution in [3.63, 3.8) is 0 Å². The summed E-state index contributed by atoms with van der Waals surface area (Å²) >= 11 is 6.11. The molecule has 0 unspecified atom stereocenters. The molecule has 1 amide bonds. The van der Waals surface area contributed by atoms with Gasteiger partial charge in [-0.25, -0.2) is 0 Å². The molecular weight excluding hydrogens is 344 g/mol. The normalized spacial score (nSPS) is 15.3. The SMILES string of the molecule is O=C(/C=C/c1ccccc1Cl)NCc1ccccc1CN1CCCCC1. The number of rotatable bonds is 6. The molecule has 2 aromatic rings. The molecule has 1 aliphatic rings. The fourth-order valence-corrected chi connectivity index (χ4v) is 3.46. The van der Waals surface area contributed by atoms with Crippen LogP contribution in [0.3, 0.4) is 0 Å². The van der Waals surface area contributed by atoms with Crippen LogP contribution in [-0.2, 0) is 17.9 Å². The Labute approximate surface area is 160 Å². The highest BCUT2D eigenvalue weighted by Gasteiger charge is 2.12. The summed E-state index contributed by atoms with van der Waals surface area (Å²) in [5.74, 6) is -0.113. The van der Waals surface area contributed by atoms with Crippen molar-refractivity contribution in [2.75, 3.05) is 13.1 Å². The van der Waals surface area contributed by atoms with E-state index in [1.54, 1.807) is 6.08 Å². The maximum atomic E-state index is 12.2. The average Bonchev–Trinajstić information content (AvgIpc) is 2.67. The smallest absolute Gasteiger partial charge is 0.244 e. The van der Waals surface area contributed by atoms with E-state index in [0.717, 1.165) is 12.1 Å². The van der Waals surface area contributed by atoms with Crippen LogP contribution in [0.4, 0.5) is 0 Å². The molecule has 1 heterocycles. The van der Waals surface area contributed by atoms with Gasteiger partial charge in [-0.3, -0.25) is 9.69 Å². The molecule has 4 heteroatoms. The van der Waals surface area contributed by atoms with Crippen LogP contribution >= 0.6 is 11.6 Å². The fourth-order valence-electron chi connectivity index (χ4n) is 3.26. The topological polar surface area (TPSA) is 32.3 Å². The molecule has 3 nitrogen and oxygen atoms in total. The second kappa shape index (κ2) is 9.56. The molecule has 0 bridgehead atoms. The molecule has 1 N–H and O–H groups in total. The molecule has 3 rings (SSSR count). The highest BCUT2D eigenvalue weighted by Crippen LogP contribution is 2.17. The summed E-state index contributed by atoms with van der Waals surface area (Å²) in [6.45, 7) is 3.83. The van der Waals surface area contributed by atoms with Gasteiger partial charge in [-0.1, -0.05) is 60.5 Å². The molecule has 1 saturated heterocycles. The Morgan fingerprint density at radius 2 is 1.69 bits per heavy atom. The molecule has 0 aromatic heterocycles. The van der Waals surface area contributed by atoms with Gasteiger partial charge in [0.25, 0.3) is 0 Å². The monoisotopic (exact) mass is 368 g/mol. The van der Waals surface area contributed by atoms with Crippen LogP contribution in [0.15, 0.2) is 54.6 Å². The van der Waals surface area contributed by atoms with Gasteiger partial charge in [-0.2, -0.15) is 0 Å². The number of hydrogen-bond donors (Lipinski definition) is 1. The Hall–Kier alpha value is -2.10. The van der Waals surface area contributed by atoms with E-state index in [9.17, 15) is 4.79 Å². The second-order valence-corrected chi connectivity index (χ2v) is 7.09. The maximum absolute atomic E-state index is 12.2. The molecule has 0 spiro atoms. The summed E-state index contributed by atoms with van der Waals surface area (Å²) in [5.41, 5.74) is 3.32. The van der Waals surface area contributed by atoms with Crippen LogP contribution in [0.1, 0.15) is 36.0 Å². The summed E-state index contributed by atoms with van der Waals surface area (Å²) in [6, 6.07) is 15.8. The van der Waals surface area contributed by atoms with E-state index in [-0.39, 0.29) is 5.91 Å². The number of piperidine rings is 1. The second-order valence-electron chi connectivity index (χ2n) is 6.68. The number of hydrogen-bond acceptors (Lipinski definition) is 2. The van der Waals surface area contributed by atoms with Crippen LogP contribution in [0, 0.1) is 0 Å². The summed E-state index contributed by atoms with van der Waals surface area (Å²) in [4.78, 5) is 14.7. The highest BCUT2D eigenvalue weighted by molar-refractivity contribution is 6.32. The van der Waals surface area contributed by atoms with E-state index >= 15 is 0 Å². The van der Waals surface area contributed by atoms with E-state index in [4.69, 9.17) is 11.6 Å². The molecule has 26 heavy (non-hydrogen) atoms. The van der Waals surface area contributed by atoms with Crippen molar-refractivity contribution in [3.05, 3.63) is 76.3 Å². The number of halogens is 1. The molecule has 0 saturated carbocycles. The largest absolute Gasteiger partial charge is 0.348 e. The predicted octanol–water partition coefficient (Wildman–Crippen LogP) is 4.66. The van der Waals surface area contributed by atoms with Crippen LogP contribution in [-0.4, -0.2) is 23.9 Å². The van der Waals surface area contributed by atoms with Gasteiger partial charge in [-0.15, -0.1) is 0 Å². The minimum atomic E-state index is -0.113. The molecule has 2 aromatic carbocycles. The van der Waals surface area contributed by atoms with Crippen molar-refractivity contribution in [2.24, 2.45) is 0 Å². The van der Waals surface area contributed by atoms with Crippen molar-refractivity contribution in [1.82, 2.24) is 10.2 Å². The van der Waals surface area contributed by atoms with Crippen LogP contribution < -0.4 is 5.32 Å². The van der Waals surface area contributed by atoms with Crippen LogP contribution in [0.5, 0.6) is 0 Å². The Morgan fingerprint density at radius 1 is 1.00 bits per heavy atom. The first kappa shape index (κ1) is 18.7. The van der Waals surface area contributed by atoms with Crippen LogP contribution in [0.2, 0.25) is 5.02 Å². The Morgan fingerprint density at radius 3 is 2.46 bits per heavy atom. The predicted molar refractivity (Wildman–Crippen MR) is 108 cm³/mol. The standard InChI is InChI=1S/C22H25ClN2O/c23-21-11-5-4-8-18(21)12-13-22(26)24-16-19-9-2-3-10-20(19)17-25-14-6-1-7-15-25/h2-5,8-13H,1,6-7,14-17H2,(H,24,26)/b13-12+. The maximum Gasteiger partial charge on any atom is 0.244 e. The zero-order valence-corrected chi connectivity index (χ0v) is 15.7. The summed E-state index contributed by atoms with van der Waals surface area (Å²) in [6.07, 6.45) is 7.19. The zero-order chi connectivity index (χ0) is 18.2. The third-order valence-corrected chi connectivity index (χ3v) is 5.08. The van der Waals surface area contributed by atoms with E-state index in [1.807, 2.05) is 30.3 Å². The van der Waals surface area contributed by atoms with Crippen molar-refractivity contribution >= 4 is 23.6 Å². The number of benzene rings is 2.